The molecule has 29 heavy (non-hydrogen) atoms. The van der Waals surface area contributed by atoms with E-state index in [0.29, 0.717) is 33.4 Å². The van der Waals surface area contributed by atoms with Crippen LogP contribution in [0.25, 0.3) is 28.2 Å². The Morgan fingerprint density at radius 3 is 2.28 bits per heavy atom. The summed E-state index contributed by atoms with van der Waals surface area (Å²) >= 11 is 0. The molecule has 0 saturated heterocycles. The van der Waals surface area contributed by atoms with Crippen LogP contribution in [0.5, 0.6) is 5.75 Å². The molecule has 5 nitrogen and oxygen atoms in total. The van der Waals surface area contributed by atoms with Gasteiger partial charge < -0.3 is 13.9 Å². The van der Waals surface area contributed by atoms with E-state index in [1.165, 1.54) is 6.07 Å². The normalized spacial score (nSPS) is 25.3. The van der Waals surface area contributed by atoms with Crippen LogP contribution < -0.4 is 20.8 Å². The minimum absolute atomic E-state index is 0.0242. The molecule has 2 aromatic carbocycles. The first-order valence-corrected chi connectivity index (χ1v) is 10.1. The van der Waals surface area contributed by atoms with Crippen LogP contribution in [0.1, 0.15) is 61.8 Å². The van der Waals surface area contributed by atoms with Crippen LogP contribution in [0.15, 0.2) is 20.1 Å². The molecular weight excluding hydrogens is 368 g/mol. The zero-order valence-corrected chi connectivity index (χ0v) is 17.5. The molecule has 150 valence electrons. The van der Waals surface area contributed by atoms with Crippen molar-refractivity contribution in [1.82, 2.24) is 0 Å². The predicted octanol–water partition coefficient (Wildman–Crippen LogP) is 3.79. The van der Waals surface area contributed by atoms with E-state index in [2.05, 4.69) is 6.92 Å². The monoisotopic (exact) mass is 392 g/mol. The van der Waals surface area contributed by atoms with Crippen molar-refractivity contribution in [2.75, 3.05) is 0 Å². The molecule has 0 unspecified atom stereocenters. The third-order valence-electron chi connectivity index (χ3n) is 6.97. The van der Waals surface area contributed by atoms with Gasteiger partial charge in [-0.05, 0) is 38.8 Å². The molecule has 5 rings (SSSR count). The van der Waals surface area contributed by atoms with Gasteiger partial charge in [0, 0.05) is 29.0 Å². The van der Waals surface area contributed by atoms with Crippen molar-refractivity contribution in [3.8, 4) is 5.75 Å². The molecular formula is C24H24O5. The van der Waals surface area contributed by atoms with Gasteiger partial charge in [0.15, 0.2) is 16.4 Å². The molecule has 1 aromatic heterocycles. The summed E-state index contributed by atoms with van der Waals surface area (Å²) in [6, 6.07) is 1.51. The fourth-order valence-electron chi connectivity index (χ4n) is 4.93. The highest BCUT2D eigenvalue weighted by molar-refractivity contribution is 6.02. The maximum Gasteiger partial charge on any atom is 0.196 e. The van der Waals surface area contributed by atoms with Gasteiger partial charge in [-0.2, -0.15) is 0 Å². The van der Waals surface area contributed by atoms with E-state index in [4.69, 9.17) is 13.9 Å². The summed E-state index contributed by atoms with van der Waals surface area (Å²) in [5.74, 6) is 0.606. The van der Waals surface area contributed by atoms with Gasteiger partial charge in [0.25, 0.3) is 0 Å². The molecule has 0 aliphatic carbocycles. The van der Waals surface area contributed by atoms with E-state index in [-0.39, 0.29) is 34.9 Å². The number of fused-ring (bicyclic) bond motifs is 4. The molecule has 3 heterocycles. The van der Waals surface area contributed by atoms with Crippen molar-refractivity contribution < 1.29 is 13.9 Å². The average molecular weight is 392 g/mol. The number of hydrogen-bond donors (Lipinski definition) is 0. The summed E-state index contributed by atoms with van der Waals surface area (Å²) in [4.78, 5) is 26.1. The summed E-state index contributed by atoms with van der Waals surface area (Å²) in [5, 5.41) is 1.95. The third-order valence-corrected chi connectivity index (χ3v) is 6.97. The van der Waals surface area contributed by atoms with Crippen LogP contribution in [-0.2, 0) is 4.74 Å². The van der Waals surface area contributed by atoms with Crippen LogP contribution in [0.2, 0.25) is 0 Å². The zero-order chi connectivity index (χ0) is 20.8. The van der Waals surface area contributed by atoms with Crippen molar-refractivity contribution in [1.29, 1.82) is 0 Å². The topological polar surface area (TPSA) is 65.7 Å². The van der Waals surface area contributed by atoms with Crippen LogP contribution in [-0.4, -0.2) is 12.2 Å². The van der Waals surface area contributed by atoms with Crippen LogP contribution in [0.3, 0.4) is 0 Å². The van der Waals surface area contributed by atoms with Crippen molar-refractivity contribution in [2.24, 2.45) is 0 Å². The lowest BCUT2D eigenvalue weighted by atomic mass is 9.84. The molecule has 0 radical (unpaired) electrons. The highest BCUT2D eigenvalue weighted by Gasteiger charge is 2.34. The first-order chi connectivity index (χ1) is 13.7. The SMILES string of the molecule is Cc1c2c3c(c4c(=O)c(C)c5c(c4oc3cc1=O)=CO[C@H](C)[C@H]5C)O[C@@H](C)[C@H]2C. The molecule has 2 aliphatic rings. The van der Waals surface area contributed by atoms with Crippen LogP contribution in [0.4, 0.5) is 0 Å². The van der Waals surface area contributed by atoms with Gasteiger partial charge in [-0.3, -0.25) is 9.59 Å². The molecule has 0 amide bonds. The van der Waals surface area contributed by atoms with Gasteiger partial charge >= 0.3 is 0 Å². The van der Waals surface area contributed by atoms with Gasteiger partial charge in [-0.15, -0.1) is 0 Å². The Hall–Kier alpha value is -2.82. The summed E-state index contributed by atoms with van der Waals surface area (Å²) in [6.07, 6.45) is 1.49. The highest BCUT2D eigenvalue weighted by atomic mass is 16.5. The molecule has 2 aliphatic heterocycles. The summed E-state index contributed by atoms with van der Waals surface area (Å²) in [5.41, 5.74) is 4.02. The van der Waals surface area contributed by atoms with Crippen LogP contribution in [0, 0.1) is 13.8 Å². The van der Waals surface area contributed by atoms with Gasteiger partial charge in [0.05, 0.1) is 16.9 Å². The molecule has 0 fully saturated rings. The maximum atomic E-state index is 13.5. The molecule has 0 bridgehead atoms. The van der Waals surface area contributed by atoms with E-state index in [1.54, 1.807) is 6.26 Å². The molecule has 0 saturated carbocycles. The Labute approximate surface area is 167 Å². The average Bonchev–Trinajstić information content (AvgIpc) is 2.68. The Bertz CT molecular complexity index is 1380. The molecule has 3 aromatic rings. The number of rotatable bonds is 0. The van der Waals surface area contributed by atoms with Crippen molar-refractivity contribution in [3.63, 3.8) is 0 Å². The fraction of sp³-hybridized carbons (Fsp3) is 0.417. The third kappa shape index (κ3) is 2.21. The number of benzene rings is 2. The fourth-order valence-corrected chi connectivity index (χ4v) is 4.93. The second-order valence-electron chi connectivity index (χ2n) is 8.56. The van der Waals surface area contributed by atoms with E-state index >= 15 is 0 Å². The highest BCUT2D eigenvalue weighted by Crippen LogP contribution is 2.44. The number of ether oxygens (including phenoxy) is 2. The van der Waals surface area contributed by atoms with Crippen molar-refractivity contribution in [2.45, 2.75) is 65.6 Å². The lowest BCUT2D eigenvalue weighted by molar-refractivity contribution is 0.164. The Morgan fingerprint density at radius 2 is 1.55 bits per heavy atom. The summed E-state index contributed by atoms with van der Waals surface area (Å²) < 4.78 is 18.4. The molecule has 0 spiro atoms. The Morgan fingerprint density at radius 1 is 0.862 bits per heavy atom. The van der Waals surface area contributed by atoms with Gasteiger partial charge in [0.1, 0.15) is 28.9 Å². The predicted molar refractivity (Wildman–Crippen MR) is 113 cm³/mol. The van der Waals surface area contributed by atoms with E-state index in [0.717, 1.165) is 21.7 Å². The minimum atomic E-state index is -0.160. The summed E-state index contributed by atoms with van der Waals surface area (Å²) in [7, 11) is 0. The van der Waals surface area contributed by atoms with E-state index in [9.17, 15) is 9.59 Å². The van der Waals surface area contributed by atoms with Gasteiger partial charge in [-0.1, -0.05) is 13.8 Å². The minimum Gasteiger partial charge on any atom is -0.497 e. The van der Waals surface area contributed by atoms with E-state index in [1.807, 2.05) is 34.6 Å². The van der Waals surface area contributed by atoms with Gasteiger partial charge in [0.2, 0.25) is 0 Å². The largest absolute Gasteiger partial charge is 0.497 e. The maximum absolute atomic E-state index is 13.5. The number of hydrogen-bond acceptors (Lipinski definition) is 5. The first-order valence-electron chi connectivity index (χ1n) is 10.1. The molecule has 0 N–H and O–H groups in total. The van der Waals surface area contributed by atoms with Crippen LogP contribution >= 0.6 is 0 Å². The molecule has 5 heteroatoms. The zero-order valence-electron chi connectivity index (χ0n) is 17.5. The Balaban J connectivity index is 2.09. The van der Waals surface area contributed by atoms with Crippen molar-refractivity contribution in [3.05, 3.63) is 54.0 Å². The van der Waals surface area contributed by atoms with Gasteiger partial charge in [-0.25, -0.2) is 0 Å². The molecule has 4 atom stereocenters. The standard InChI is InChI=1S/C24H24O5/c1-9-13(5)27-8-15-18(9)12(4)22(26)21-23(15)29-17-7-16(25)11(3)19-10(2)14(6)28-24(21)20(17)19/h7-10,13-14H,1-6H3/t9-,10-,13-,14+/m1/s1. The lowest BCUT2D eigenvalue weighted by Crippen LogP contribution is -2.33. The quantitative estimate of drug-likeness (QED) is 0.545. The lowest BCUT2D eigenvalue weighted by Gasteiger charge is -2.32. The van der Waals surface area contributed by atoms with E-state index < -0.39 is 0 Å². The second-order valence-corrected chi connectivity index (χ2v) is 8.56. The second kappa shape index (κ2) is 5.85. The Kier molecular flexibility index (Phi) is 3.67. The summed E-state index contributed by atoms with van der Waals surface area (Å²) in [6.45, 7) is 11.8. The van der Waals surface area contributed by atoms with Crippen molar-refractivity contribution >= 4 is 28.2 Å². The smallest absolute Gasteiger partial charge is 0.196 e. The first kappa shape index (κ1) is 18.2.